The van der Waals surface area contributed by atoms with Crippen molar-refractivity contribution in [1.29, 1.82) is 0 Å². The lowest BCUT2D eigenvalue weighted by atomic mass is 9.82. The summed E-state index contributed by atoms with van der Waals surface area (Å²) in [6.07, 6.45) is 1.13. The molecule has 152 valence electrons. The molecule has 4 rings (SSSR count). The number of hydrogen-bond acceptors (Lipinski definition) is 6. The maximum Gasteiger partial charge on any atom is 0.266 e. The number of aromatic nitrogens is 3. The molecule has 1 amide bonds. The van der Waals surface area contributed by atoms with Crippen LogP contribution in [-0.2, 0) is 10.3 Å². The second-order valence-electron chi connectivity index (χ2n) is 6.69. The maximum absolute atomic E-state index is 13.3. The summed E-state index contributed by atoms with van der Waals surface area (Å²) >= 11 is 6.34. The molecule has 30 heavy (non-hydrogen) atoms. The van der Waals surface area contributed by atoms with Gasteiger partial charge >= 0.3 is 0 Å². The molecule has 2 N–H and O–H groups in total. The molecule has 0 saturated carbocycles. The zero-order valence-electron chi connectivity index (χ0n) is 15.6. The topological polar surface area (TPSA) is 97.4 Å². The van der Waals surface area contributed by atoms with Gasteiger partial charge in [-0.2, -0.15) is 10.2 Å². The van der Waals surface area contributed by atoms with Gasteiger partial charge in [0.2, 0.25) is 0 Å². The molecule has 1 aromatic carbocycles. The number of pyridine rings is 1. The van der Waals surface area contributed by atoms with E-state index in [0.717, 1.165) is 11.1 Å². The average molecular weight is 429 g/mol. The molecule has 3 aromatic rings. The minimum atomic E-state index is -2.76. The quantitative estimate of drug-likeness (QED) is 0.688. The van der Waals surface area contributed by atoms with Crippen molar-refractivity contribution in [2.75, 3.05) is 7.05 Å². The standard InChI is InChI=1S/C20H15ClF2N6O/c1-29-18(30)20(27-19(29)24,14-6-12(17(22)23)9-25-10-14)13-5-11(7-15(21)8-13)16-3-2-4-26-28-16/h2-10,17H,1H3,(H2,24,27). The van der Waals surface area contributed by atoms with Crippen molar-refractivity contribution in [2.24, 2.45) is 10.7 Å². The van der Waals surface area contributed by atoms with Crippen LogP contribution < -0.4 is 5.73 Å². The smallest absolute Gasteiger partial charge is 0.266 e. The van der Waals surface area contributed by atoms with E-state index in [0.29, 0.717) is 21.8 Å². The Kier molecular flexibility index (Phi) is 4.90. The van der Waals surface area contributed by atoms with E-state index in [1.807, 2.05) is 0 Å². The molecular weight excluding hydrogens is 414 g/mol. The van der Waals surface area contributed by atoms with Crippen LogP contribution in [0.2, 0.25) is 5.02 Å². The van der Waals surface area contributed by atoms with Gasteiger partial charge in [-0.15, -0.1) is 0 Å². The van der Waals surface area contributed by atoms with Crippen LogP contribution in [0.1, 0.15) is 23.1 Å². The monoisotopic (exact) mass is 428 g/mol. The number of hydrogen-bond donors (Lipinski definition) is 1. The van der Waals surface area contributed by atoms with E-state index in [4.69, 9.17) is 17.3 Å². The van der Waals surface area contributed by atoms with Gasteiger partial charge in [0.1, 0.15) is 0 Å². The first kappa shape index (κ1) is 19.8. The van der Waals surface area contributed by atoms with Gasteiger partial charge in [-0.05, 0) is 42.0 Å². The van der Waals surface area contributed by atoms with Gasteiger partial charge in [-0.1, -0.05) is 11.6 Å². The van der Waals surface area contributed by atoms with Crippen LogP contribution in [0.5, 0.6) is 0 Å². The Labute approximate surface area is 175 Å². The fourth-order valence-corrected chi connectivity index (χ4v) is 3.60. The summed E-state index contributed by atoms with van der Waals surface area (Å²) in [4.78, 5) is 22.8. The van der Waals surface area contributed by atoms with Crippen molar-refractivity contribution >= 4 is 23.5 Å². The van der Waals surface area contributed by atoms with Crippen LogP contribution in [0.15, 0.2) is 60.0 Å². The first-order chi connectivity index (χ1) is 14.3. The molecule has 7 nitrogen and oxygen atoms in total. The van der Waals surface area contributed by atoms with E-state index in [1.54, 1.807) is 30.3 Å². The Morgan fingerprint density at radius 2 is 1.97 bits per heavy atom. The molecule has 0 spiro atoms. The van der Waals surface area contributed by atoms with Crippen LogP contribution in [0.25, 0.3) is 11.3 Å². The summed E-state index contributed by atoms with van der Waals surface area (Å²) < 4.78 is 26.7. The third-order valence-electron chi connectivity index (χ3n) is 4.85. The van der Waals surface area contributed by atoms with Crippen LogP contribution in [0.4, 0.5) is 8.78 Å². The molecule has 1 atom stereocenters. The average Bonchev–Trinajstić information content (AvgIpc) is 2.99. The molecule has 0 radical (unpaired) electrons. The number of aliphatic imine (C=N–C) groups is 1. The molecular formula is C20H15ClF2N6O. The minimum absolute atomic E-state index is 0.0523. The number of carbonyl (C=O) groups excluding carboxylic acids is 1. The highest BCUT2D eigenvalue weighted by Gasteiger charge is 2.50. The lowest BCUT2D eigenvalue weighted by Gasteiger charge is -2.26. The van der Waals surface area contributed by atoms with Crippen molar-refractivity contribution in [1.82, 2.24) is 20.1 Å². The second-order valence-corrected chi connectivity index (χ2v) is 7.13. The number of benzene rings is 1. The summed E-state index contributed by atoms with van der Waals surface area (Å²) in [6, 6.07) is 9.51. The zero-order chi connectivity index (χ0) is 21.5. The van der Waals surface area contributed by atoms with Crippen LogP contribution >= 0.6 is 11.6 Å². The Hall–Kier alpha value is -3.46. The van der Waals surface area contributed by atoms with Gasteiger partial charge < -0.3 is 5.73 Å². The molecule has 0 aliphatic carbocycles. The number of halogens is 3. The van der Waals surface area contributed by atoms with E-state index in [2.05, 4.69) is 20.2 Å². The predicted molar refractivity (Wildman–Crippen MR) is 107 cm³/mol. The lowest BCUT2D eigenvalue weighted by molar-refractivity contribution is -0.129. The molecule has 1 aliphatic rings. The number of nitrogens with two attached hydrogens (primary N) is 1. The first-order valence-corrected chi connectivity index (χ1v) is 9.17. The Balaban J connectivity index is 1.99. The first-order valence-electron chi connectivity index (χ1n) is 8.79. The largest absolute Gasteiger partial charge is 0.369 e. The van der Waals surface area contributed by atoms with Gasteiger partial charge in [-0.25, -0.2) is 13.8 Å². The summed E-state index contributed by atoms with van der Waals surface area (Å²) in [5, 5.41) is 8.22. The normalized spacial score (nSPS) is 18.8. The molecule has 3 heterocycles. The van der Waals surface area contributed by atoms with E-state index < -0.39 is 17.9 Å². The number of likely N-dealkylation sites (N-methyl/N-ethyl adjacent to an activating group) is 1. The molecule has 10 heteroatoms. The Morgan fingerprint density at radius 3 is 2.60 bits per heavy atom. The molecule has 0 fully saturated rings. The summed E-state index contributed by atoms with van der Waals surface area (Å²) in [5.74, 6) is -0.566. The highest BCUT2D eigenvalue weighted by molar-refractivity contribution is 6.31. The number of carbonyl (C=O) groups is 1. The fraction of sp³-hybridized carbons (Fsp3) is 0.150. The zero-order valence-corrected chi connectivity index (χ0v) is 16.4. The summed E-state index contributed by atoms with van der Waals surface area (Å²) in [5.41, 5.74) is 5.50. The number of alkyl halides is 2. The summed E-state index contributed by atoms with van der Waals surface area (Å²) in [6.45, 7) is 0. The Bertz CT molecular complexity index is 1160. The van der Waals surface area contributed by atoms with Crippen molar-refractivity contribution in [3.05, 3.63) is 76.7 Å². The van der Waals surface area contributed by atoms with Gasteiger partial charge in [0, 0.05) is 47.4 Å². The molecule has 0 bridgehead atoms. The number of amides is 1. The van der Waals surface area contributed by atoms with Crippen LogP contribution in [0.3, 0.4) is 0 Å². The highest BCUT2D eigenvalue weighted by Crippen LogP contribution is 2.42. The molecule has 1 unspecified atom stereocenters. The minimum Gasteiger partial charge on any atom is -0.369 e. The van der Waals surface area contributed by atoms with E-state index in [-0.39, 0.29) is 17.1 Å². The van der Waals surface area contributed by atoms with Crippen molar-refractivity contribution < 1.29 is 13.6 Å². The third kappa shape index (κ3) is 3.17. The van der Waals surface area contributed by atoms with Crippen LogP contribution in [0, 0.1) is 0 Å². The van der Waals surface area contributed by atoms with Crippen molar-refractivity contribution in [2.45, 2.75) is 12.0 Å². The van der Waals surface area contributed by atoms with Gasteiger partial charge in [0.15, 0.2) is 11.5 Å². The van der Waals surface area contributed by atoms with E-state index >= 15 is 0 Å². The SMILES string of the molecule is CN1C(=O)C(c2cc(Cl)cc(-c3cccnn3)c2)(c2cncc(C(F)F)c2)N=C1N. The van der Waals surface area contributed by atoms with Gasteiger partial charge in [-0.3, -0.25) is 14.7 Å². The van der Waals surface area contributed by atoms with Crippen molar-refractivity contribution in [3.8, 4) is 11.3 Å². The number of rotatable bonds is 4. The van der Waals surface area contributed by atoms with Gasteiger partial charge in [0.05, 0.1) is 5.69 Å². The maximum atomic E-state index is 13.3. The fourth-order valence-electron chi connectivity index (χ4n) is 3.36. The van der Waals surface area contributed by atoms with Gasteiger partial charge in [0.25, 0.3) is 12.3 Å². The van der Waals surface area contributed by atoms with Crippen LogP contribution in [-0.4, -0.2) is 39.0 Å². The number of nitrogens with zero attached hydrogens (tertiary/aromatic N) is 5. The predicted octanol–water partition coefficient (Wildman–Crippen LogP) is 3.16. The molecule has 2 aromatic heterocycles. The Morgan fingerprint density at radius 1 is 1.17 bits per heavy atom. The van der Waals surface area contributed by atoms with E-state index in [1.165, 1.54) is 25.5 Å². The highest BCUT2D eigenvalue weighted by atomic mass is 35.5. The molecule has 0 saturated heterocycles. The molecule has 1 aliphatic heterocycles. The summed E-state index contributed by atoms with van der Waals surface area (Å²) in [7, 11) is 1.46. The second kappa shape index (κ2) is 7.42. The van der Waals surface area contributed by atoms with E-state index in [9.17, 15) is 13.6 Å². The van der Waals surface area contributed by atoms with Crippen molar-refractivity contribution in [3.63, 3.8) is 0 Å². The third-order valence-corrected chi connectivity index (χ3v) is 5.07. The number of guanidine groups is 1. The lowest BCUT2D eigenvalue weighted by Crippen LogP contribution is -2.41.